The van der Waals surface area contributed by atoms with Crippen molar-refractivity contribution in [2.75, 3.05) is 20.3 Å². The van der Waals surface area contributed by atoms with Crippen LogP contribution in [0.15, 0.2) is 41.1 Å². The van der Waals surface area contributed by atoms with E-state index in [4.69, 9.17) is 4.42 Å². The molecule has 0 spiro atoms. The fraction of sp³-hybridized carbons (Fsp3) is 0.375. The number of furan rings is 1. The minimum absolute atomic E-state index is 0.0369. The van der Waals surface area contributed by atoms with Gasteiger partial charge in [0.2, 0.25) is 5.76 Å². The Morgan fingerprint density at radius 2 is 2.27 bits per heavy atom. The Hall–Kier alpha value is -2.18. The first-order valence-corrected chi connectivity index (χ1v) is 7.07. The highest BCUT2D eigenvalue weighted by Crippen LogP contribution is 2.24. The van der Waals surface area contributed by atoms with E-state index >= 15 is 0 Å². The van der Waals surface area contributed by atoms with Gasteiger partial charge in [0.1, 0.15) is 5.76 Å². The van der Waals surface area contributed by atoms with Gasteiger partial charge in [0.05, 0.1) is 19.8 Å². The summed E-state index contributed by atoms with van der Waals surface area (Å²) in [5.41, 5.74) is 1.04. The zero-order valence-electron chi connectivity index (χ0n) is 12.7. The van der Waals surface area contributed by atoms with Crippen molar-refractivity contribution in [1.82, 2.24) is 9.88 Å². The topological polar surface area (TPSA) is 75.8 Å². The summed E-state index contributed by atoms with van der Waals surface area (Å²) in [4.78, 5) is 17.6. The van der Waals surface area contributed by atoms with Gasteiger partial charge in [-0.2, -0.15) is 0 Å². The van der Waals surface area contributed by atoms with E-state index < -0.39 is 5.97 Å². The van der Waals surface area contributed by atoms with Crippen molar-refractivity contribution >= 4 is 5.97 Å². The molecule has 22 heavy (non-hydrogen) atoms. The Balaban J connectivity index is 2.13. The minimum atomic E-state index is -0.501. The number of methoxy groups -OCH3 is 1. The molecular weight excluding hydrogens is 284 g/mol. The van der Waals surface area contributed by atoms with E-state index in [1.54, 1.807) is 24.5 Å². The lowest BCUT2D eigenvalue weighted by atomic mass is 10.2. The Kier molecular flexibility index (Phi) is 5.68. The van der Waals surface area contributed by atoms with Crippen LogP contribution in [0.25, 0.3) is 0 Å². The molecule has 2 aromatic heterocycles. The summed E-state index contributed by atoms with van der Waals surface area (Å²) in [6.07, 6.45) is 3.51. The summed E-state index contributed by atoms with van der Waals surface area (Å²) in [5.74, 6) is 0.326. The maximum atomic E-state index is 11.5. The lowest BCUT2D eigenvalue weighted by molar-refractivity contribution is 0.0557. The first-order valence-electron chi connectivity index (χ1n) is 7.07. The van der Waals surface area contributed by atoms with Gasteiger partial charge < -0.3 is 14.3 Å². The number of ether oxygens (including phenoxy) is 1. The Morgan fingerprint density at radius 3 is 2.91 bits per heavy atom. The lowest BCUT2D eigenvalue weighted by Gasteiger charge is -2.27. The van der Waals surface area contributed by atoms with E-state index in [1.165, 1.54) is 7.11 Å². The average molecular weight is 304 g/mol. The molecule has 0 aliphatic rings. The average Bonchev–Trinajstić information content (AvgIpc) is 3.04. The van der Waals surface area contributed by atoms with Crippen LogP contribution in [0.4, 0.5) is 0 Å². The molecule has 0 saturated heterocycles. The molecule has 6 heteroatoms. The monoisotopic (exact) mass is 304 g/mol. The van der Waals surface area contributed by atoms with Crippen LogP contribution in [0, 0.1) is 0 Å². The normalized spacial score (nSPS) is 12.4. The molecule has 0 radical (unpaired) electrons. The number of rotatable bonds is 7. The van der Waals surface area contributed by atoms with Crippen LogP contribution in [0.2, 0.25) is 0 Å². The van der Waals surface area contributed by atoms with Crippen molar-refractivity contribution in [2.45, 2.75) is 19.5 Å². The predicted octanol–water partition coefficient (Wildman–Crippen LogP) is 2.02. The number of nitrogens with zero attached hydrogens (tertiary/aromatic N) is 2. The van der Waals surface area contributed by atoms with Gasteiger partial charge in [-0.15, -0.1) is 0 Å². The standard InChI is InChI=1S/C16H20N2O4/c1-12(14-5-6-15(22-14)16(20)21-2)18(8-9-19)11-13-4-3-7-17-10-13/h3-7,10,12,19H,8-9,11H2,1-2H3. The third-order valence-electron chi connectivity index (χ3n) is 3.47. The predicted molar refractivity (Wildman–Crippen MR) is 80.2 cm³/mol. The molecule has 0 bridgehead atoms. The Labute approximate surface area is 129 Å². The van der Waals surface area contributed by atoms with Gasteiger partial charge in [-0.25, -0.2) is 4.79 Å². The van der Waals surface area contributed by atoms with Crippen LogP contribution in [0.5, 0.6) is 0 Å². The fourth-order valence-electron chi connectivity index (χ4n) is 2.23. The number of hydrogen-bond donors (Lipinski definition) is 1. The SMILES string of the molecule is COC(=O)c1ccc(C(C)N(CCO)Cc2cccnc2)o1. The van der Waals surface area contributed by atoms with Crippen molar-refractivity contribution in [1.29, 1.82) is 0 Å². The van der Waals surface area contributed by atoms with Crippen LogP contribution < -0.4 is 0 Å². The summed E-state index contributed by atoms with van der Waals surface area (Å²) >= 11 is 0. The summed E-state index contributed by atoms with van der Waals surface area (Å²) in [6.45, 7) is 3.12. The number of hydrogen-bond acceptors (Lipinski definition) is 6. The molecule has 1 unspecified atom stereocenters. The molecule has 2 aromatic rings. The van der Waals surface area contributed by atoms with Gasteiger partial charge in [0.25, 0.3) is 0 Å². The number of aliphatic hydroxyl groups is 1. The van der Waals surface area contributed by atoms with Crippen LogP contribution in [-0.4, -0.2) is 41.2 Å². The third kappa shape index (κ3) is 3.93. The van der Waals surface area contributed by atoms with E-state index in [1.807, 2.05) is 19.1 Å². The van der Waals surface area contributed by atoms with Crippen LogP contribution in [0.1, 0.15) is 34.8 Å². The second-order valence-electron chi connectivity index (χ2n) is 4.92. The summed E-state index contributed by atoms with van der Waals surface area (Å²) in [7, 11) is 1.31. The van der Waals surface area contributed by atoms with E-state index in [-0.39, 0.29) is 18.4 Å². The van der Waals surface area contributed by atoms with E-state index in [9.17, 15) is 9.90 Å². The summed E-state index contributed by atoms with van der Waals surface area (Å²) in [5, 5.41) is 9.28. The number of aromatic nitrogens is 1. The number of carbonyl (C=O) groups excluding carboxylic acids is 1. The summed E-state index contributed by atoms with van der Waals surface area (Å²) < 4.78 is 10.2. The van der Waals surface area contributed by atoms with E-state index in [0.717, 1.165) is 5.56 Å². The van der Waals surface area contributed by atoms with Gasteiger partial charge >= 0.3 is 5.97 Å². The van der Waals surface area contributed by atoms with Crippen LogP contribution in [0.3, 0.4) is 0 Å². The van der Waals surface area contributed by atoms with Crippen molar-refractivity contribution < 1.29 is 19.1 Å². The molecule has 0 amide bonds. The minimum Gasteiger partial charge on any atom is -0.463 e. The van der Waals surface area contributed by atoms with Crippen LogP contribution in [-0.2, 0) is 11.3 Å². The lowest BCUT2D eigenvalue weighted by Crippen LogP contribution is -2.29. The molecule has 1 N–H and O–H groups in total. The van der Waals surface area contributed by atoms with E-state index in [2.05, 4.69) is 14.6 Å². The zero-order valence-corrected chi connectivity index (χ0v) is 12.7. The molecule has 0 aliphatic heterocycles. The highest BCUT2D eigenvalue weighted by Gasteiger charge is 2.21. The summed E-state index contributed by atoms with van der Waals surface area (Å²) in [6, 6.07) is 7.11. The van der Waals surface area contributed by atoms with Gasteiger partial charge in [-0.05, 0) is 30.7 Å². The molecule has 2 rings (SSSR count). The first kappa shape index (κ1) is 16.2. The first-order chi connectivity index (χ1) is 10.7. The smallest absolute Gasteiger partial charge is 0.373 e. The van der Waals surface area contributed by atoms with Gasteiger partial charge in [-0.3, -0.25) is 9.88 Å². The molecule has 0 aromatic carbocycles. The number of pyridine rings is 1. The quantitative estimate of drug-likeness (QED) is 0.789. The van der Waals surface area contributed by atoms with Crippen molar-refractivity contribution in [3.8, 4) is 0 Å². The molecule has 6 nitrogen and oxygen atoms in total. The number of aliphatic hydroxyl groups excluding tert-OH is 1. The van der Waals surface area contributed by atoms with Crippen molar-refractivity contribution in [3.05, 3.63) is 53.7 Å². The molecule has 0 aliphatic carbocycles. The highest BCUT2D eigenvalue weighted by atomic mass is 16.5. The van der Waals surface area contributed by atoms with Crippen LogP contribution >= 0.6 is 0 Å². The highest BCUT2D eigenvalue weighted by molar-refractivity contribution is 5.86. The van der Waals surface area contributed by atoms with Crippen molar-refractivity contribution in [3.63, 3.8) is 0 Å². The molecule has 0 saturated carbocycles. The van der Waals surface area contributed by atoms with Gasteiger partial charge in [-0.1, -0.05) is 6.07 Å². The molecule has 118 valence electrons. The Morgan fingerprint density at radius 1 is 1.45 bits per heavy atom. The maximum Gasteiger partial charge on any atom is 0.373 e. The molecular formula is C16H20N2O4. The molecule has 0 fully saturated rings. The zero-order chi connectivity index (χ0) is 15.9. The molecule has 1 atom stereocenters. The van der Waals surface area contributed by atoms with Gasteiger partial charge in [0, 0.05) is 25.5 Å². The second kappa shape index (κ2) is 7.72. The Bertz CT molecular complexity index is 597. The molecule has 2 heterocycles. The fourth-order valence-corrected chi connectivity index (χ4v) is 2.23. The maximum absolute atomic E-state index is 11.5. The van der Waals surface area contributed by atoms with Gasteiger partial charge in [0.15, 0.2) is 0 Å². The van der Waals surface area contributed by atoms with Crippen molar-refractivity contribution in [2.24, 2.45) is 0 Å². The number of esters is 1. The largest absolute Gasteiger partial charge is 0.463 e. The second-order valence-corrected chi connectivity index (χ2v) is 4.92. The van der Waals surface area contributed by atoms with E-state index in [0.29, 0.717) is 18.8 Å². The number of carbonyl (C=O) groups is 1. The third-order valence-corrected chi connectivity index (χ3v) is 3.47.